The fraction of sp³-hybridized carbons (Fsp3) is 0.440. The van der Waals surface area contributed by atoms with Crippen molar-refractivity contribution in [1.29, 1.82) is 0 Å². The highest BCUT2D eigenvalue weighted by atomic mass is 19.1. The van der Waals surface area contributed by atoms with Crippen LogP contribution < -0.4 is 9.47 Å². The Morgan fingerprint density at radius 1 is 1.22 bits per heavy atom. The van der Waals surface area contributed by atoms with Gasteiger partial charge in [-0.05, 0) is 55.8 Å². The van der Waals surface area contributed by atoms with Gasteiger partial charge in [-0.3, -0.25) is 0 Å². The van der Waals surface area contributed by atoms with Crippen LogP contribution in [-0.4, -0.2) is 49.7 Å². The number of hydrogen-bond donors (Lipinski definition) is 0. The van der Waals surface area contributed by atoms with Crippen molar-refractivity contribution in [3.8, 4) is 11.5 Å². The molecule has 1 aromatic heterocycles. The molecule has 1 aliphatic rings. The van der Waals surface area contributed by atoms with E-state index in [1.165, 1.54) is 12.1 Å². The van der Waals surface area contributed by atoms with Gasteiger partial charge in [-0.15, -0.1) is 0 Å². The highest BCUT2D eigenvalue weighted by molar-refractivity contribution is 5.80. The van der Waals surface area contributed by atoms with Crippen molar-refractivity contribution in [2.75, 3.05) is 33.4 Å². The number of aldehydes is 1. The van der Waals surface area contributed by atoms with E-state index in [0.29, 0.717) is 41.9 Å². The lowest BCUT2D eigenvalue weighted by Gasteiger charge is -2.32. The molecule has 6 nitrogen and oxygen atoms in total. The van der Waals surface area contributed by atoms with Gasteiger partial charge in [0.25, 0.3) is 0 Å². The summed E-state index contributed by atoms with van der Waals surface area (Å²) in [5.41, 5.74) is 1.49. The molecule has 0 unspecified atom stereocenters. The Kier molecular flexibility index (Phi) is 7.05. The molecule has 1 saturated heterocycles. The number of benzene rings is 2. The van der Waals surface area contributed by atoms with Crippen LogP contribution in [0, 0.1) is 11.7 Å². The highest BCUT2D eigenvalue weighted by Gasteiger charge is 2.26. The standard InChI is InChI=1S/C25H29FN2O4/c1-17(16-31-23-6-3-18(9-12-29)13-24(23)30-2)15-28-10-7-19(8-11-28)25-21-5-4-20(26)14-22(21)27-32-25/h3-6,12-14,17,19H,7-11,15-16H2,1-2H3/t17-/m1/s1. The molecule has 0 saturated carbocycles. The summed E-state index contributed by atoms with van der Waals surface area (Å²) in [5, 5.41) is 4.95. The molecular formula is C25H29FN2O4. The second kappa shape index (κ2) is 10.1. The third-order valence-electron chi connectivity index (χ3n) is 6.07. The molecule has 0 bridgehead atoms. The molecule has 1 atom stereocenters. The Bertz CT molecular complexity index is 1060. The predicted molar refractivity (Wildman–Crippen MR) is 120 cm³/mol. The molecule has 0 N–H and O–H groups in total. The van der Waals surface area contributed by atoms with Crippen LogP contribution in [-0.2, 0) is 11.2 Å². The lowest BCUT2D eigenvalue weighted by atomic mass is 9.92. The Morgan fingerprint density at radius 2 is 2.03 bits per heavy atom. The van der Waals surface area contributed by atoms with Crippen LogP contribution >= 0.6 is 0 Å². The summed E-state index contributed by atoms with van der Waals surface area (Å²) in [6, 6.07) is 10.3. The van der Waals surface area contributed by atoms with Gasteiger partial charge in [-0.25, -0.2) is 4.39 Å². The second-order valence-corrected chi connectivity index (χ2v) is 8.56. The number of hydrogen-bond acceptors (Lipinski definition) is 6. The molecule has 0 aliphatic carbocycles. The van der Waals surface area contributed by atoms with Gasteiger partial charge in [-0.1, -0.05) is 18.1 Å². The average molecular weight is 441 g/mol. The molecule has 1 aliphatic heterocycles. The number of likely N-dealkylation sites (tertiary alicyclic amines) is 1. The summed E-state index contributed by atoms with van der Waals surface area (Å²) in [5.74, 6) is 2.58. The van der Waals surface area contributed by atoms with Gasteiger partial charge in [0.2, 0.25) is 0 Å². The average Bonchev–Trinajstić information content (AvgIpc) is 3.21. The number of fused-ring (bicyclic) bond motifs is 1. The van der Waals surface area contributed by atoms with E-state index in [9.17, 15) is 9.18 Å². The minimum absolute atomic E-state index is 0.294. The van der Waals surface area contributed by atoms with Crippen molar-refractivity contribution in [1.82, 2.24) is 10.1 Å². The van der Waals surface area contributed by atoms with Crippen molar-refractivity contribution in [2.24, 2.45) is 5.92 Å². The molecule has 0 spiro atoms. The summed E-state index contributed by atoms with van der Waals surface area (Å²) in [6.07, 6.45) is 3.22. The fourth-order valence-electron chi connectivity index (χ4n) is 4.39. The zero-order valence-corrected chi connectivity index (χ0v) is 18.6. The Morgan fingerprint density at radius 3 is 2.78 bits per heavy atom. The van der Waals surface area contributed by atoms with Crippen molar-refractivity contribution >= 4 is 17.2 Å². The largest absolute Gasteiger partial charge is 0.493 e. The van der Waals surface area contributed by atoms with Crippen LogP contribution in [0.2, 0.25) is 0 Å². The molecule has 7 heteroatoms. The first-order valence-corrected chi connectivity index (χ1v) is 11.1. The number of carbonyl (C=O) groups is 1. The maximum Gasteiger partial charge on any atom is 0.161 e. The van der Waals surface area contributed by atoms with Gasteiger partial charge < -0.3 is 23.7 Å². The number of carbonyl (C=O) groups excluding carboxylic acids is 1. The molecule has 4 rings (SSSR count). The minimum Gasteiger partial charge on any atom is -0.493 e. The lowest BCUT2D eigenvalue weighted by molar-refractivity contribution is -0.107. The predicted octanol–water partition coefficient (Wildman–Crippen LogP) is 4.61. The summed E-state index contributed by atoms with van der Waals surface area (Å²) in [6.45, 7) is 5.66. The molecule has 3 aromatic rings. The molecule has 32 heavy (non-hydrogen) atoms. The Labute approximate surface area is 187 Å². The SMILES string of the molecule is COc1cc(CC=O)ccc1OC[C@H](C)CN1CCC(c2onc3cc(F)ccc23)CC1. The van der Waals surface area contributed by atoms with Crippen LogP contribution in [0.3, 0.4) is 0 Å². The summed E-state index contributed by atoms with van der Waals surface area (Å²) < 4.78 is 30.4. The van der Waals surface area contributed by atoms with E-state index in [-0.39, 0.29) is 5.82 Å². The van der Waals surface area contributed by atoms with Gasteiger partial charge in [0.15, 0.2) is 11.5 Å². The van der Waals surface area contributed by atoms with E-state index in [1.807, 2.05) is 18.2 Å². The Balaban J connectivity index is 1.27. The molecule has 0 radical (unpaired) electrons. The summed E-state index contributed by atoms with van der Waals surface area (Å²) in [7, 11) is 1.61. The lowest BCUT2D eigenvalue weighted by Crippen LogP contribution is -2.37. The number of piperidine rings is 1. The van der Waals surface area contributed by atoms with E-state index in [0.717, 1.165) is 55.5 Å². The Hall–Kier alpha value is -2.93. The third kappa shape index (κ3) is 5.10. The zero-order chi connectivity index (χ0) is 22.5. The van der Waals surface area contributed by atoms with Crippen LogP contribution in [0.25, 0.3) is 10.9 Å². The maximum atomic E-state index is 13.4. The quantitative estimate of drug-likeness (QED) is 0.453. The number of rotatable bonds is 9. The van der Waals surface area contributed by atoms with E-state index < -0.39 is 0 Å². The van der Waals surface area contributed by atoms with E-state index in [1.54, 1.807) is 13.2 Å². The summed E-state index contributed by atoms with van der Waals surface area (Å²) in [4.78, 5) is 13.2. The molecule has 170 valence electrons. The first-order chi connectivity index (χ1) is 15.6. The zero-order valence-electron chi connectivity index (χ0n) is 18.6. The van der Waals surface area contributed by atoms with Crippen molar-refractivity contribution < 1.29 is 23.2 Å². The summed E-state index contributed by atoms with van der Waals surface area (Å²) >= 11 is 0. The van der Waals surface area contributed by atoms with Crippen LogP contribution in [0.5, 0.6) is 11.5 Å². The minimum atomic E-state index is -0.294. The van der Waals surface area contributed by atoms with Crippen LogP contribution in [0.1, 0.15) is 37.0 Å². The molecule has 2 heterocycles. The number of nitrogens with zero attached hydrogens (tertiary/aromatic N) is 2. The molecule has 0 amide bonds. The van der Waals surface area contributed by atoms with Crippen molar-refractivity contribution in [2.45, 2.75) is 32.1 Å². The highest BCUT2D eigenvalue weighted by Crippen LogP contribution is 2.34. The van der Waals surface area contributed by atoms with Crippen LogP contribution in [0.4, 0.5) is 4.39 Å². The van der Waals surface area contributed by atoms with Gasteiger partial charge in [-0.2, -0.15) is 0 Å². The number of methoxy groups -OCH3 is 1. The smallest absolute Gasteiger partial charge is 0.161 e. The monoisotopic (exact) mass is 440 g/mol. The first kappa shape index (κ1) is 22.3. The van der Waals surface area contributed by atoms with E-state index in [2.05, 4.69) is 17.0 Å². The van der Waals surface area contributed by atoms with Crippen molar-refractivity contribution in [3.05, 3.63) is 53.5 Å². The van der Waals surface area contributed by atoms with Crippen molar-refractivity contribution in [3.63, 3.8) is 0 Å². The number of ether oxygens (including phenoxy) is 2. The van der Waals surface area contributed by atoms with Gasteiger partial charge in [0, 0.05) is 36.3 Å². The molecular weight excluding hydrogens is 411 g/mol. The third-order valence-corrected chi connectivity index (χ3v) is 6.07. The van der Waals surface area contributed by atoms with Gasteiger partial charge in [0.05, 0.1) is 13.7 Å². The van der Waals surface area contributed by atoms with E-state index in [4.69, 9.17) is 14.0 Å². The topological polar surface area (TPSA) is 64.8 Å². The number of halogens is 1. The maximum absolute atomic E-state index is 13.4. The van der Waals surface area contributed by atoms with E-state index >= 15 is 0 Å². The first-order valence-electron chi connectivity index (χ1n) is 11.1. The normalized spacial score (nSPS) is 16.2. The molecule has 2 aromatic carbocycles. The van der Waals surface area contributed by atoms with Crippen LogP contribution in [0.15, 0.2) is 40.9 Å². The molecule has 1 fully saturated rings. The van der Waals surface area contributed by atoms with Gasteiger partial charge in [0.1, 0.15) is 23.4 Å². The fourth-order valence-corrected chi connectivity index (χ4v) is 4.39. The van der Waals surface area contributed by atoms with Gasteiger partial charge >= 0.3 is 0 Å². The number of aromatic nitrogens is 1. The second-order valence-electron chi connectivity index (χ2n) is 8.56.